The molecular formula is C5H5N3O4. The Bertz CT molecular complexity index is 259. The number of cyclic esters (lactones) is 1. The van der Waals surface area contributed by atoms with Gasteiger partial charge in [0.15, 0.2) is 18.4 Å². The van der Waals surface area contributed by atoms with Crippen LogP contribution in [0.1, 0.15) is 0 Å². The van der Waals surface area contributed by atoms with Gasteiger partial charge < -0.3 is 9.84 Å². The number of carbonyl (C=O) groups excluding carboxylic acids is 2. The highest BCUT2D eigenvalue weighted by atomic mass is 16.6. The van der Waals surface area contributed by atoms with Crippen molar-refractivity contribution in [3.05, 3.63) is 10.4 Å². The monoisotopic (exact) mass is 171 g/mol. The highest BCUT2D eigenvalue weighted by Crippen LogP contribution is 2.17. The van der Waals surface area contributed by atoms with E-state index in [1.807, 2.05) is 0 Å². The summed E-state index contributed by atoms with van der Waals surface area (Å²) >= 11 is 0. The number of aldehydes is 1. The van der Waals surface area contributed by atoms with Gasteiger partial charge in [-0.1, -0.05) is 5.11 Å². The van der Waals surface area contributed by atoms with Gasteiger partial charge in [-0.15, -0.1) is 0 Å². The molecule has 1 aliphatic heterocycles. The fourth-order valence-corrected chi connectivity index (χ4v) is 0.872. The Morgan fingerprint density at radius 2 is 2.42 bits per heavy atom. The lowest BCUT2D eigenvalue weighted by Crippen LogP contribution is -2.30. The molecule has 1 heterocycles. The smallest absolute Gasteiger partial charge is 0.318 e. The Hall–Kier alpha value is -1.59. The molecular weight excluding hydrogens is 166 g/mol. The maximum Gasteiger partial charge on any atom is 0.318 e. The van der Waals surface area contributed by atoms with Crippen molar-refractivity contribution in [3.8, 4) is 0 Å². The van der Waals surface area contributed by atoms with E-state index in [9.17, 15) is 9.59 Å². The third kappa shape index (κ3) is 1.23. The summed E-state index contributed by atoms with van der Waals surface area (Å²) in [6.07, 6.45) is -2.30. The molecule has 1 fully saturated rings. The second-order valence-electron chi connectivity index (χ2n) is 2.18. The van der Waals surface area contributed by atoms with Crippen LogP contribution in [0.2, 0.25) is 0 Å². The minimum atomic E-state index is -1.37. The summed E-state index contributed by atoms with van der Waals surface area (Å²) in [7, 11) is 0. The number of rotatable bonds is 2. The summed E-state index contributed by atoms with van der Waals surface area (Å²) in [6.45, 7) is 0. The molecule has 1 aliphatic rings. The summed E-state index contributed by atoms with van der Waals surface area (Å²) in [4.78, 5) is 23.2. The van der Waals surface area contributed by atoms with Crippen molar-refractivity contribution >= 4 is 12.3 Å². The van der Waals surface area contributed by atoms with Gasteiger partial charge in [-0.25, -0.2) is 0 Å². The van der Waals surface area contributed by atoms with Gasteiger partial charge >= 0.3 is 5.97 Å². The van der Waals surface area contributed by atoms with Gasteiger partial charge in [-0.2, -0.15) is 0 Å². The van der Waals surface area contributed by atoms with Gasteiger partial charge in [0.2, 0.25) is 0 Å². The van der Waals surface area contributed by atoms with E-state index < -0.39 is 24.2 Å². The molecule has 12 heavy (non-hydrogen) atoms. The fraction of sp³-hybridized carbons (Fsp3) is 0.600. The van der Waals surface area contributed by atoms with Crippen LogP contribution >= 0.6 is 0 Å². The minimum Gasteiger partial charge on any atom is -0.451 e. The number of nitrogens with zero attached hydrogens (tertiary/aromatic N) is 3. The average molecular weight is 171 g/mol. The second kappa shape index (κ2) is 3.21. The van der Waals surface area contributed by atoms with Crippen molar-refractivity contribution in [3.63, 3.8) is 0 Å². The highest BCUT2D eigenvalue weighted by molar-refractivity contribution is 5.83. The molecule has 0 amide bonds. The van der Waals surface area contributed by atoms with Crippen molar-refractivity contribution in [2.24, 2.45) is 5.11 Å². The molecule has 7 heteroatoms. The Balaban J connectivity index is 2.83. The Labute approximate surface area is 66.6 Å². The van der Waals surface area contributed by atoms with Gasteiger partial charge in [0.1, 0.15) is 6.10 Å². The van der Waals surface area contributed by atoms with Gasteiger partial charge in [0.25, 0.3) is 0 Å². The molecule has 1 N–H and O–H groups in total. The van der Waals surface area contributed by atoms with Crippen LogP contribution < -0.4 is 0 Å². The SMILES string of the molecule is [N-]=[N+]=N[C@H]1C(=O)O[C@H](C=O)[C@@H]1O. The Morgan fingerprint density at radius 1 is 1.75 bits per heavy atom. The lowest BCUT2D eigenvalue weighted by Gasteiger charge is -2.04. The summed E-state index contributed by atoms with van der Waals surface area (Å²) in [5.41, 5.74) is 7.97. The number of carbonyl (C=O) groups is 2. The van der Waals surface area contributed by atoms with Crippen molar-refractivity contribution in [2.45, 2.75) is 18.2 Å². The fourth-order valence-electron chi connectivity index (χ4n) is 0.872. The third-order valence-corrected chi connectivity index (χ3v) is 1.46. The number of esters is 1. The van der Waals surface area contributed by atoms with E-state index in [1.54, 1.807) is 0 Å². The summed E-state index contributed by atoms with van der Waals surface area (Å²) < 4.78 is 4.37. The summed E-state index contributed by atoms with van der Waals surface area (Å²) in [5, 5.41) is 12.1. The number of hydrogen-bond acceptors (Lipinski definition) is 5. The standard InChI is InChI=1S/C5H5N3O4/c6-8-7-3-4(10)2(1-9)12-5(3)11/h1-4,10H/t2-,3-,4+/m1/s1. The average Bonchev–Trinajstić information content (AvgIpc) is 2.32. The number of aliphatic hydroxyl groups excluding tert-OH is 1. The van der Waals surface area contributed by atoms with E-state index in [-0.39, 0.29) is 6.29 Å². The van der Waals surface area contributed by atoms with Crippen LogP contribution in [0.3, 0.4) is 0 Å². The molecule has 1 saturated heterocycles. The molecule has 64 valence electrons. The lowest BCUT2D eigenvalue weighted by atomic mass is 10.1. The summed E-state index contributed by atoms with van der Waals surface area (Å²) in [6, 6.07) is -1.30. The highest BCUT2D eigenvalue weighted by Gasteiger charge is 2.43. The minimum absolute atomic E-state index is 0.287. The molecule has 1 rings (SSSR count). The van der Waals surface area contributed by atoms with Crippen LogP contribution in [0.25, 0.3) is 10.4 Å². The van der Waals surface area contributed by atoms with E-state index in [0.29, 0.717) is 0 Å². The topological polar surface area (TPSA) is 112 Å². The quantitative estimate of drug-likeness (QED) is 0.191. The van der Waals surface area contributed by atoms with E-state index in [4.69, 9.17) is 10.6 Å². The number of ether oxygens (including phenoxy) is 1. The van der Waals surface area contributed by atoms with E-state index in [1.165, 1.54) is 0 Å². The molecule has 0 unspecified atom stereocenters. The molecule has 7 nitrogen and oxygen atoms in total. The zero-order valence-electron chi connectivity index (χ0n) is 5.82. The first kappa shape index (κ1) is 8.51. The first-order chi connectivity index (χ1) is 5.70. The van der Waals surface area contributed by atoms with E-state index in [0.717, 1.165) is 0 Å². The molecule has 0 bridgehead atoms. The molecule has 0 aliphatic carbocycles. The molecule has 0 spiro atoms. The number of hydrogen-bond donors (Lipinski definition) is 1. The van der Waals surface area contributed by atoms with E-state index >= 15 is 0 Å². The number of azide groups is 1. The largest absolute Gasteiger partial charge is 0.451 e. The maximum absolute atomic E-state index is 10.7. The molecule has 0 aromatic rings. The zero-order chi connectivity index (χ0) is 9.14. The second-order valence-corrected chi connectivity index (χ2v) is 2.18. The number of aliphatic hydroxyl groups is 1. The first-order valence-electron chi connectivity index (χ1n) is 3.08. The molecule has 0 aromatic carbocycles. The Morgan fingerprint density at radius 3 is 2.83 bits per heavy atom. The van der Waals surface area contributed by atoms with E-state index in [2.05, 4.69) is 14.8 Å². The van der Waals surface area contributed by atoms with Crippen LogP contribution in [0.5, 0.6) is 0 Å². The third-order valence-electron chi connectivity index (χ3n) is 1.46. The normalized spacial score (nSPS) is 33.8. The van der Waals surface area contributed by atoms with Gasteiger partial charge in [0.05, 0.1) is 0 Å². The summed E-state index contributed by atoms with van der Waals surface area (Å²) in [5.74, 6) is -0.877. The van der Waals surface area contributed by atoms with Crippen LogP contribution in [0.15, 0.2) is 5.11 Å². The van der Waals surface area contributed by atoms with Crippen molar-refractivity contribution in [2.75, 3.05) is 0 Å². The molecule has 3 atom stereocenters. The van der Waals surface area contributed by atoms with Crippen molar-refractivity contribution in [1.29, 1.82) is 0 Å². The predicted molar refractivity (Wildman–Crippen MR) is 34.9 cm³/mol. The van der Waals surface area contributed by atoms with Crippen LogP contribution in [0.4, 0.5) is 0 Å². The van der Waals surface area contributed by atoms with Crippen LogP contribution in [0, 0.1) is 0 Å². The van der Waals surface area contributed by atoms with Gasteiger partial charge in [-0.05, 0) is 5.53 Å². The van der Waals surface area contributed by atoms with Crippen molar-refractivity contribution < 1.29 is 19.4 Å². The van der Waals surface area contributed by atoms with Gasteiger partial charge in [-0.3, -0.25) is 9.59 Å². The first-order valence-corrected chi connectivity index (χ1v) is 3.08. The van der Waals surface area contributed by atoms with Crippen LogP contribution in [-0.4, -0.2) is 35.6 Å². The molecule has 0 saturated carbocycles. The Kier molecular flexibility index (Phi) is 2.27. The van der Waals surface area contributed by atoms with Crippen molar-refractivity contribution in [1.82, 2.24) is 0 Å². The molecule has 0 radical (unpaired) electrons. The van der Waals surface area contributed by atoms with Crippen LogP contribution in [-0.2, 0) is 14.3 Å². The lowest BCUT2D eigenvalue weighted by molar-refractivity contribution is -0.145. The van der Waals surface area contributed by atoms with Gasteiger partial charge in [0, 0.05) is 4.91 Å². The predicted octanol–water partition coefficient (Wildman–Crippen LogP) is -0.849. The molecule has 0 aromatic heterocycles. The maximum atomic E-state index is 10.7. The zero-order valence-corrected chi connectivity index (χ0v) is 5.82.